The van der Waals surface area contributed by atoms with Gasteiger partial charge in [-0.3, -0.25) is 0 Å². The first-order chi connectivity index (χ1) is 5.59. The number of allylic oxidation sites excluding steroid dienone is 1. The van der Waals surface area contributed by atoms with Crippen LogP contribution in [0.5, 0.6) is 0 Å². The minimum Gasteiger partial charge on any atom is -0.478 e. The van der Waals surface area contributed by atoms with Gasteiger partial charge in [0.05, 0.1) is 0 Å². The van der Waals surface area contributed by atoms with Gasteiger partial charge in [-0.05, 0) is 20.3 Å². The van der Waals surface area contributed by atoms with E-state index in [4.69, 9.17) is 15.3 Å². The van der Waals surface area contributed by atoms with Gasteiger partial charge in [-0.1, -0.05) is 6.08 Å². The van der Waals surface area contributed by atoms with Crippen LogP contribution in [0.1, 0.15) is 20.3 Å². The molecule has 0 fully saturated rings. The zero-order chi connectivity index (χ0) is 9.98. The molecule has 0 aliphatic heterocycles. The highest BCUT2D eigenvalue weighted by molar-refractivity contribution is 5.85. The lowest BCUT2D eigenvalue weighted by atomic mass is 10.3. The number of carbonyl (C=O) groups is 1. The van der Waals surface area contributed by atoms with E-state index in [9.17, 15) is 4.79 Å². The van der Waals surface area contributed by atoms with E-state index < -0.39 is 5.97 Å². The molecule has 12 heavy (non-hydrogen) atoms. The fourth-order valence-corrected chi connectivity index (χ4v) is 0.194. The van der Waals surface area contributed by atoms with E-state index in [1.165, 1.54) is 0 Å². The van der Waals surface area contributed by atoms with Gasteiger partial charge >= 0.3 is 5.97 Å². The normalized spacial score (nSPS) is 10.2. The number of hydrogen-bond donors (Lipinski definition) is 3. The molecule has 0 aromatic carbocycles. The number of aliphatic hydroxyl groups excluding tert-OH is 2. The topological polar surface area (TPSA) is 77.8 Å². The third-order valence-electron chi connectivity index (χ3n) is 1.09. The van der Waals surface area contributed by atoms with Crippen LogP contribution in [0.4, 0.5) is 0 Å². The van der Waals surface area contributed by atoms with E-state index in [2.05, 4.69) is 0 Å². The van der Waals surface area contributed by atoms with Crippen molar-refractivity contribution in [2.24, 2.45) is 0 Å². The van der Waals surface area contributed by atoms with Crippen LogP contribution in [0.3, 0.4) is 0 Å². The maximum Gasteiger partial charge on any atom is 0.330 e. The molecule has 72 valence electrons. The van der Waals surface area contributed by atoms with E-state index in [-0.39, 0.29) is 13.2 Å². The molecule has 3 N–H and O–H groups in total. The second-order valence-electron chi connectivity index (χ2n) is 2.08. The van der Waals surface area contributed by atoms with Crippen molar-refractivity contribution in [3.05, 3.63) is 11.6 Å². The van der Waals surface area contributed by atoms with Crippen LogP contribution >= 0.6 is 0 Å². The first kappa shape index (κ1) is 13.7. The average molecular weight is 176 g/mol. The largest absolute Gasteiger partial charge is 0.478 e. The Bertz CT molecular complexity index is 138. The lowest BCUT2D eigenvalue weighted by Crippen LogP contribution is -1.93. The predicted molar refractivity (Wildman–Crippen MR) is 45.9 cm³/mol. The molecule has 0 radical (unpaired) electrons. The SMILES string of the molecule is CC=C(C)C(=O)O.OCCCO. The molecule has 4 nitrogen and oxygen atoms in total. The Kier molecular flexibility index (Phi) is 11.6. The van der Waals surface area contributed by atoms with Gasteiger partial charge in [0, 0.05) is 18.8 Å². The van der Waals surface area contributed by atoms with Crippen molar-refractivity contribution in [1.29, 1.82) is 0 Å². The second-order valence-corrected chi connectivity index (χ2v) is 2.08. The standard InChI is InChI=1S/C5H8O2.C3H8O2/c1-3-4(2)5(6)7;4-2-1-3-5/h3H,1-2H3,(H,6,7);4-5H,1-3H2. The molecule has 0 saturated heterocycles. The quantitative estimate of drug-likeness (QED) is 0.544. The first-order valence-electron chi connectivity index (χ1n) is 3.68. The monoisotopic (exact) mass is 176 g/mol. The third-order valence-corrected chi connectivity index (χ3v) is 1.09. The van der Waals surface area contributed by atoms with Gasteiger partial charge in [-0.25, -0.2) is 4.79 Å². The molecule has 0 atom stereocenters. The second kappa shape index (κ2) is 10.1. The lowest BCUT2D eigenvalue weighted by molar-refractivity contribution is -0.132. The molecule has 0 aromatic rings. The van der Waals surface area contributed by atoms with Crippen LogP contribution in [-0.2, 0) is 4.79 Å². The molecule has 0 heterocycles. The summed E-state index contributed by atoms with van der Waals surface area (Å²) < 4.78 is 0. The summed E-state index contributed by atoms with van der Waals surface area (Å²) in [7, 11) is 0. The first-order valence-corrected chi connectivity index (χ1v) is 3.68. The zero-order valence-corrected chi connectivity index (χ0v) is 7.45. The van der Waals surface area contributed by atoms with Crippen molar-refractivity contribution >= 4 is 5.97 Å². The number of aliphatic carboxylic acids is 1. The maximum atomic E-state index is 9.86. The minimum absolute atomic E-state index is 0.0938. The lowest BCUT2D eigenvalue weighted by Gasteiger charge is -1.84. The van der Waals surface area contributed by atoms with Gasteiger partial charge in [-0.2, -0.15) is 0 Å². The smallest absolute Gasteiger partial charge is 0.330 e. The van der Waals surface area contributed by atoms with Crippen molar-refractivity contribution in [1.82, 2.24) is 0 Å². The van der Waals surface area contributed by atoms with Crippen molar-refractivity contribution < 1.29 is 20.1 Å². The number of aliphatic hydroxyl groups is 2. The highest BCUT2D eigenvalue weighted by Gasteiger charge is 1.93. The van der Waals surface area contributed by atoms with E-state index in [1.54, 1.807) is 19.9 Å². The summed E-state index contributed by atoms with van der Waals surface area (Å²) in [5, 5.41) is 23.9. The van der Waals surface area contributed by atoms with Gasteiger partial charge in [0.15, 0.2) is 0 Å². The van der Waals surface area contributed by atoms with Gasteiger partial charge in [-0.15, -0.1) is 0 Å². The Morgan fingerprint density at radius 3 is 1.75 bits per heavy atom. The fraction of sp³-hybridized carbons (Fsp3) is 0.625. The molecule has 4 heteroatoms. The molecular weight excluding hydrogens is 160 g/mol. The molecule has 0 unspecified atom stereocenters. The number of hydrogen-bond acceptors (Lipinski definition) is 3. The summed E-state index contributed by atoms with van der Waals surface area (Å²) >= 11 is 0. The molecular formula is C8H16O4. The number of carboxylic acids is 1. The summed E-state index contributed by atoms with van der Waals surface area (Å²) in [6, 6.07) is 0. The molecule has 0 aliphatic carbocycles. The zero-order valence-electron chi connectivity index (χ0n) is 7.45. The van der Waals surface area contributed by atoms with E-state index >= 15 is 0 Å². The summed E-state index contributed by atoms with van der Waals surface area (Å²) in [5.41, 5.74) is 0.389. The Hall–Kier alpha value is -0.870. The third kappa shape index (κ3) is 11.9. The predicted octanol–water partition coefficient (Wildman–Crippen LogP) is 0.398. The van der Waals surface area contributed by atoms with Crippen molar-refractivity contribution in [3.63, 3.8) is 0 Å². The van der Waals surface area contributed by atoms with Crippen molar-refractivity contribution in [2.45, 2.75) is 20.3 Å². The summed E-state index contributed by atoms with van der Waals surface area (Å²) in [5.74, 6) is -0.845. The van der Waals surface area contributed by atoms with Crippen LogP contribution in [0.25, 0.3) is 0 Å². The van der Waals surface area contributed by atoms with Crippen LogP contribution in [0.15, 0.2) is 11.6 Å². The Morgan fingerprint density at radius 2 is 1.75 bits per heavy atom. The number of rotatable bonds is 3. The molecule has 0 aliphatic rings. The van der Waals surface area contributed by atoms with E-state index in [0.29, 0.717) is 12.0 Å². The van der Waals surface area contributed by atoms with E-state index in [0.717, 1.165) is 0 Å². The Morgan fingerprint density at radius 1 is 1.33 bits per heavy atom. The van der Waals surface area contributed by atoms with Crippen LogP contribution in [0, 0.1) is 0 Å². The van der Waals surface area contributed by atoms with Crippen LogP contribution in [-0.4, -0.2) is 34.5 Å². The molecule has 0 aromatic heterocycles. The van der Waals surface area contributed by atoms with Gasteiger partial charge in [0.2, 0.25) is 0 Å². The van der Waals surface area contributed by atoms with E-state index in [1.807, 2.05) is 0 Å². The summed E-state index contributed by atoms with van der Waals surface area (Å²) in [6.07, 6.45) is 2.06. The summed E-state index contributed by atoms with van der Waals surface area (Å²) in [6.45, 7) is 3.44. The number of carboxylic acid groups (broad SMARTS) is 1. The minimum atomic E-state index is -0.845. The Labute approximate surface area is 72.2 Å². The maximum absolute atomic E-state index is 9.86. The van der Waals surface area contributed by atoms with Crippen molar-refractivity contribution in [3.8, 4) is 0 Å². The van der Waals surface area contributed by atoms with Gasteiger partial charge in [0.25, 0.3) is 0 Å². The molecule has 0 saturated carbocycles. The molecule has 0 rings (SSSR count). The van der Waals surface area contributed by atoms with Gasteiger partial charge < -0.3 is 15.3 Å². The fourth-order valence-electron chi connectivity index (χ4n) is 0.194. The van der Waals surface area contributed by atoms with Gasteiger partial charge in [0.1, 0.15) is 0 Å². The highest BCUT2D eigenvalue weighted by Crippen LogP contribution is 1.87. The molecule has 0 spiro atoms. The van der Waals surface area contributed by atoms with Crippen LogP contribution < -0.4 is 0 Å². The molecule has 0 amide bonds. The summed E-state index contributed by atoms with van der Waals surface area (Å²) in [4.78, 5) is 9.86. The molecule has 0 bridgehead atoms. The Balaban J connectivity index is 0. The van der Waals surface area contributed by atoms with Crippen LogP contribution in [0.2, 0.25) is 0 Å². The highest BCUT2D eigenvalue weighted by atomic mass is 16.4. The average Bonchev–Trinajstić information content (AvgIpc) is 2.05. The van der Waals surface area contributed by atoms with Crippen molar-refractivity contribution in [2.75, 3.05) is 13.2 Å².